The van der Waals surface area contributed by atoms with Gasteiger partial charge in [-0.3, -0.25) is 9.59 Å². The van der Waals surface area contributed by atoms with Crippen LogP contribution in [0.15, 0.2) is 11.6 Å². The first-order valence-corrected chi connectivity index (χ1v) is 17.6. The molecule has 2 heterocycles. The van der Waals surface area contributed by atoms with E-state index in [4.69, 9.17) is 28.4 Å². The molecular formula is C34H54O16. The number of ether oxygens (including phenoxy) is 6. The fraction of sp³-hybridized carbons (Fsp3) is 0.882. The Bertz CT molecular complexity index is 1210. The Kier molecular flexibility index (Phi) is 12.7. The molecule has 3 aliphatic carbocycles. The minimum atomic E-state index is -1.72. The number of hydrogen-bond donors (Lipinski definition) is 8. The van der Waals surface area contributed by atoms with Crippen LogP contribution < -0.4 is 0 Å². The second-order valence-corrected chi connectivity index (χ2v) is 15.3. The number of rotatable bonds is 14. The molecule has 0 spiro atoms. The molecule has 16 atom stereocenters. The maximum Gasteiger partial charge on any atom is 0.306 e. The lowest BCUT2D eigenvalue weighted by Gasteiger charge is -2.44. The Morgan fingerprint density at radius 2 is 1.42 bits per heavy atom. The quantitative estimate of drug-likeness (QED) is 0.0723. The number of hydrogen-bond acceptors (Lipinski definition) is 16. The first-order valence-electron chi connectivity index (χ1n) is 17.6. The smallest absolute Gasteiger partial charge is 0.306 e. The summed E-state index contributed by atoms with van der Waals surface area (Å²) in [7, 11) is 0. The second kappa shape index (κ2) is 16.1. The molecule has 5 aliphatic rings. The van der Waals surface area contributed by atoms with Gasteiger partial charge in [0.1, 0.15) is 67.1 Å². The van der Waals surface area contributed by atoms with Crippen molar-refractivity contribution >= 4 is 11.9 Å². The van der Waals surface area contributed by atoms with Crippen molar-refractivity contribution in [1.29, 1.82) is 0 Å². The van der Waals surface area contributed by atoms with Crippen molar-refractivity contribution in [2.45, 2.75) is 126 Å². The highest BCUT2D eigenvalue weighted by Crippen LogP contribution is 2.67. The first-order chi connectivity index (χ1) is 23.6. The molecule has 0 aromatic heterocycles. The predicted molar refractivity (Wildman–Crippen MR) is 168 cm³/mol. The molecule has 0 amide bonds. The van der Waals surface area contributed by atoms with Gasteiger partial charge in [0, 0.05) is 25.2 Å². The van der Waals surface area contributed by atoms with E-state index in [-0.39, 0.29) is 68.0 Å². The number of carbonyl (C=O) groups is 2. The Labute approximate surface area is 290 Å². The van der Waals surface area contributed by atoms with Crippen molar-refractivity contribution in [3.05, 3.63) is 11.6 Å². The standard InChI is InChI=1S/C34H54O16/c1-14(2)7-22(36)47-13-34(44)18-9-17(18)24-16(5-6-19(25(24)34)48-23(37)8-15(3)4)11-45-32-31(43)29(41)27(39)21(50-32)12-46-33-30(42)28(40)26(38)20(10-35)49-33/h5,14-15,17-21,24-33,35,38-44H,6-13H2,1-4H3/t17-,18+,19+,20+,21+,24-,25-,26+,27+,28-,29-,30+,31+,32+,33+,34-/m1/s1. The van der Waals surface area contributed by atoms with E-state index in [0.717, 1.165) is 5.57 Å². The Morgan fingerprint density at radius 3 is 2.04 bits per heavy atom. The zero-order chi connectivity index (χ0) is 36.7. The van der Waals surface area contributed by atoms with Crippen LogP contribution in [0.25, 0.3) is 0 Å². The number of carbonyl (C=O) groups excluding carboxylic acids is 2. The van der Waals surface area contributed by atoms with Gasteiger partial charge in [0.2, 0.25) is 0 Å². The summed E-state index contributed by atoms with van der Waals surface area (Å²) in [5, 5.41) is 83.9. The van der Waals surface area contributed by atoms with E-state index >= 15 is 0 Å². The molecule has 0 radical (unpaired) electrons. The molecule has 0 aromatic rings. The van der Waals surface area contributed by atoms with E-state index in [9.17, 15) is 50.4 Å². The normalized spacial score (nSPS) is 44.0. The summed E-state index contributed by atoms with van der Waals surface area (Å²) in [5.74, 6) is -1.77. The van der Waals surface area contributed by atoms with Crippen molar-refractivity contribution in [3.8, 4) is 0 Å². The minimum absolute atomic E-state index is 0.000420. The second-order valence-electron chi connectivity index (χ2n) is 15.3. The third-order valence-electron chi connectivity index (χ3n) is 10.6. The summed E-state index contributed by atoms with van der Waals surface area (Å²) in [6.07, 6.45) is -13.0. The third kappa shape index (κ3) is 8.21. The average molecular weight is 719 g/mol. The third-order valence-corrected chi connectivity index (χ3v) is 10.6. The van der Waals surface area contributed by atoms with Crippen LogP contribution in [0.4, 0.5) is 0 Å². The van der Waals surface area contributed by atoms with Gasteiger partial charge in [-0.25, -0.2) is 0 Å². The van der Waals surface area contributed by atoms with Crippen molar-refractivity contribution < 1.29 is 78.9 Å². The van der Waals surface area contributed by atoms with Gasteiger partial charge in [0.25, 0.3) is 0 Å². The van der Waals surface area contributed by atoms with Gasteiger partial charge in [-0.1, -0.05) is 33.8 Å². The van der Waals surface area contributed by atoms with E-state index in [0.29, 0.717) is 6.42 Å². The van der Waals surface area contributed by atoms with E-state index in [1.54, 1.807) is 0 Å². The Balaban J connectivity index is 1.27. The van der Waals surface area contributed by atoms with Crippen molar-refractivity contribution in [2.75, 3.05) is 26.4 Å². The van der Waals surface area contributed by atoms with Crippen LogP contribution in [0.5, 0.6) is 0 Å². The maximum atomic E-state index is 12.8. The van der Waals surface area contributed by atoms with Crippen molar-refractivity contribution in [3.63, 3.8) is 0 Å². The lowest BCUT2D eigenvalue weighted by molar-refractivity contribution is -0.330. The largest absolute Gasteiger partial charge is 0.463 e. The summed E-state index contributed by atoms with van der Waals surface area (Å²) in [4.78, 5) is 25.3. The Morgan fingerprint density at radius 1 is 0.840 bits per heavy atom. The zero-order valence-electron chi connectivity index (χ0n) is 28.9. The molecular weight excluding hydrogens is 664 g/mol. The fourth-order valence-electron chi connectivity index (χ4n) is 8.00. The summed E-state index contributed by atoms with van der Waals surface area (Å²) >= 11 is 0. The van der Waals surface area contributed by atoms with Gasteiger partial charge in [-0.15, -0.1) is 0 Å². The lowest BCUT2D eigenvalue weighted by atomic mass is 9.70. The maximum absolute atomic E-state index is 12.8. The molecule has 286 valence electrons. The number of esters is 2. The minimum Gasteiger partial charge on any atom is -0.463 e. The van der Waals surface area contributed by atoms with E-state index in [2.05, 4.69) is 0 Å². The molecule has 2 aliphatic heterocycles. The number of aliphatic hydroxyl groups excluding tert-OH is 7. The molecule has 4 fully saturated rings. The van der Waals surface area contributed by atoms with Crippen LogP contribution in [-0.2, 0) is 38.0 Å². The highest BCUT2D eigenvalue weighted by Gasteiger charge is 2.71. The number of aliphatic hydroxyl groups is 8. The fourth-order valence-corrected chi connectivity index (χ4v) is 8.00. The highest BCUT2D eigenvalue weighted by atomic mass is 16.7. The summed E-state index contributed by atoms with van der Waals surface area (Å²) in [6, 6.07) is 0. The molecule has 50 heavy (non-hydrogen) atoms. The van der Waals surface area contributed by atoms with Crippen LogP contribution in [0, 0.1) is 35.5 Å². The van der Waals surface area contributed by atoms with Crippen LogP contribution >= 0.6 is 0 Å². The average Bonchev–Trinajstić information content (AvgIpc) is 3.81. The lowest BCUT2D eigenvalue weighted by Crippen LogP contribution is -2.61. The Hall–Kier alpha value is -1.80. The molecule has 16 nitrogen and oxygen atoms in total. The molecule has 0 bridgehead atoms. The monoisotopic (exact) mass is 718 g/mol. The topological polar surface area (TPSA) is 251 Å². The van der Waals surface area contributed by atoms with Crippen molar-refractivity contribution in [2.24, 2.45) is 35.5 Å². The van der Waals surface area contributed by atoms with E-state index in [1.165, 1.54) is 0 Å². The van der Waals surface area contributed by atoms with Gasteiger partial charge in [0.15, 0.2) is 12.6 Å². The van der Waals surface area contributed by atoms with Crippen molar-refractivity contribution in [1.82, 2.24) is 0 Å². The highest BCUT2D eigenvalue weighted by molar-refractivity contribution is 5.70. The molecule has 5 rings (SSSR count). The van der Waals surface area contributed by atoms with Crippen LogP contribution in [-0.4, -0.2) is 152 Å². The summed E-state index contributed by atoms with van der Waals surface area (Å²) < 4.78 is 34.1. The van der Waals surface area contributed by atoms with Gasteiger partial charge in [-0.2, -0.15) is 0 Å². The number of fused-ring (bicyclic) bond motifs is 3. The van der Waals surface area contributed by atoms with Gasteiger partial charge < -0.3 is 69.3 Å². The SMILES string of the molecule is CC(C)CC(=O)OC[C@]1(O)[C@H]2[C@H](C(CO[C@H]3O[C@@H](CO[C@H]4O[C@@H](CO)[C@H](O)[C@@H](O)[C@@H]4O)[C@H](O)[C@@H](O)[C@@H]3O)=CC[C@@H]2OC(=O)CC(C)C)[C@@H]2C[C@@H]21. The van der Waals surface area contributed by atoms with Crippen LogP contribution in [0.2, 0.25) is 0 Å². The van der Waals surface area contributed by atoms with Crippen LogP contribution in [0.1, 0.15) is 53.4 Å². The van der Waals surface area contributed by atoms with E-state index < -0.39 is 98.2 Å². The molecule has 8 N–H and O–H groups in total. The summed E-state index contributed by atoms with van der Waals surface area (Å²) in [5.41, 5.74) is -0.688. The van der Waals surface area contributed by atoms with Gasteiger partial charge in [0.05, 0.1) is 19.8 Å². The molecule has 2 saturated carbocycles. The predicted octanol–water partition coefficient (Wildman–Crippen LogP) is -1.88. The first kappa shape index (κ1) is 39.4. The molecule has 0 unspecified atom stereocenters. The molecule has 0 aromatic carbocycles. The van der Waals surface area contributed by atoms with Crippen LogP contribution in [0.3, 0.4) is 0 Å². The van der Waals surface area contributed by atoms with Gasteiger partial charge in [-0.05, 0) is 41.6 Å². The van der Waals surface area contributed by atoms with Gasteiger partial charge >= 0.3 is 11.9 Å². The molecule has 16 heteroatoms. The van der Waals surface area contributed by atoms with E-state index in [1.807, 2.05) is 33.8 Å². The summed E-state index contributed by atoms with van der Waals surface area (Å²) in [6.45, 7) is 6.07. The zero-order valence-corrected chi connectivity index (χ0v) is 28.9. The molecule has 2 saturated heterocycles.